The van der Waals surface area contributed by atoms with Gasteiger partial charge in [0.15, 0.2) is 11.5 Å². The Hall–Kier alpha value is -2.80. The minimum atomic E-state index is -0.438. The fourth-order valence-corrected chi connectivity index (χ4v) is 3.05. The third-order valence-corrected chi connectivity index (χ3v) is 4.33. The highest BCUT2D eigenvalue weighted by molar-refractivity contribution is 7.18. The summed E-state index contributed by atoms with van der Waals surface area (Å²) in [4.78, 5) is 24.5. The first-order valence-electron chi connectivity index (χ1n) is 7.42. The molecule has 0 saturated heterocycles. The number of hydrogen-bond donors (Lipinski definition) is 1. The van der Waals surface area contributed by atoms with E-state index in [0.29, 0.717) is 26.9 Å². The number of ether oxygens (including phenoxy) is 3. The average Bonchev–Trinajstić information content (AvgIpc) is 3.08. The Kier molecular flexibility index (Phi) is 6.19. The van der Waals surface area contributed by atoms with Crippen molar-refractivity contribution in [2.75, 3.05) is 26.6 Å². The Morgan fingerprint density at radius 2 is 1.88 bits per heavy atom. The monoisotopic (exact) mass is 361 g/mol. The molecule has 1 aromatic carbocycles. The summed E-state index contributed by atoms with van der Waals surface area (Å²) in [6, 6.07) is 6.58. The Morgan fingerprint density at radius 1 is 1.12 bits per heavy atom. The number of carbonyl (C=O) groups excluding carboxylic acids is 2. The predicted molar refractivity (Wildman–Crippen MR) is 97.9 cm³/mol. The molecule has 0 unspecified atom stereocenters. The summed E-state index contributed by atoms with van der Waals surface area (Å²) in [6.07, 6.45) is 3.68. The van der Waals surface area contributed by atoms with E-state index < -0.39 is 5.97 Å². The van der Waals surface area contributed by atoms with Crippen molar-refractivity contribution < 1.29 is 23.8 Å². The summed E-state index contributed by atoms with van der Waals surface area (Å²) in [5, 5.41) is 3.32. The van der Waals surface area contributed by atoms with Crippen LogP contribution in [0.1, 0.15) is 32.5 Å². The van der Waals surface area contributed by atoms with E-state index in [1.807, 2.05) is 19.1 Å². The number of hydrogen-bond acceptors (Lipinski definition) is 6. The maximum atomic E-state index is 12.5. The normalized spacial score (nSPS) is 10.6. The van der Waals surface area contributed by atoms with E-state index in [-0.39, 0.29) is 5.91 Å². The predicted octanol–water partition coefficient (Wildman–Crippen LogP) is 3.84. The summed E-state index contributed by atoms with van der Waals surface area (Å²) in [7, 11) is 4.37. The summed E-state index contributed by atoms with van der Waals surface area (Å²) in [6.45, 7) is 1.87. The van der Waals surface area contributed by atoms with Gasteiger partial charge in [-0.2, -0.15) is 0 Å². The van der Waals surface area contributed by atoms with Gasteiger partial charge in [0.1, 0.15) is 4.88 Å². The Balaban J connectivity index is 2.31. The van der Waals surface area contributed by atoms with E-state index in [4.69, 9.17) is 9.47 Å². The largest absolute Gasteiger partial charge is 0.493 e. The lowest BCUT2D eigenvalue weighted by molar-refractivity contribution is 0.0606. The molecular weight excluding hydrogens is 342 g/mol. The minimum absolute atomic E-state index is 0.315. The molecule has 0 spiro atoms. The van der Waals surface area contributed by atoms with Crippen LogP contribution < -0.4 is 14.8 Å². The van der Waals surface area contributed by atoms with Crippen LogP contribution in [0.25, 0.3) is 6.08 Å². The number of methoxy groups -OCH3 is 3. The van der Waals surface area contributed by atoms with Crippen LogP contribution in [-0.2, 0) is 4.74 Å². The van der Waals surface area contributed by atoms with Crippen LogP contribution in [0, 0.1) is 0 Å². The summed E-state index contributed by atoms with van der Waals surface area (Å²) < 4.78 is 15.3. The van der Waals surface area contributed by atoms with E-state index >= 15 is 0 Å². The fraction of sp³-hybridized carbons (Fsp3) is 0.222. The summed E-state index contributed by atoms with van der Waals surface area (Å²) >= 11 is 1.14. The Bertz CT molecular complexity index is 810. The second-order valence-electron chi connectivity index (χ2n) is 4.91. The average molecular weight is 361 g/mol. The first kappa shape index (κ1) is 18.5. The number of nitrogens with one attached hydrogen (secondary N) is 1. The van der Waals surface area contributed by atoms with Gasteiger partial charge in [0.2, 0.25) is 0 Å². The third-order valence-electron chi connectivity index (χ3n) is 3.35. The van der Waals surface area contributed by atoms with Gasteiger partial charge < -0.3 is 19.5 Å². The highest BCUT2D eigenvalue weighted by atomic mass is 32.1. The topological polar surface area (TPSA) is 73.9 Å². The molecule has 0 bridgehead atoms. The smallest absolute Gasteiger partial charge is 0.348 e. The van der Waals surface area contributed by atoms with Gasteiger partial charge in [0, 0.05) is 11.1 Å². The minimum Gasteiger partial charge on any atom is -0.493 e. The van der Waals surface area contributed by atoms with Crippen molar-refractivity contribution in [2.24, 2.45) is 0 Å². The van der Waals surface area contributed by atoms with Crippen molar-refractivity contribution in [3.63, 3.8) is 0 Å². The molecular formula is C18H19NO5S. The van der Waals surface area contributed by atoms with Gasteiger partial charge in [-0.05, 0) is 31.2 Å². The number of anilines is 1. The number of amides is 1. The van der Waals surface area contributed by atoms with Crippen molar-refractivity contribution in [1.29, 1.82) is 0 Å². The number of carbonyl (C=O) groups is 2. The first-order chi connectivity index (χ1) is 12.0. The first-order valence-corrected chi connectivity index (χ1v) is 8.23. The van der Waals surface area contributed by atoms with E-state index in [1.165, 1.54) is 14.2 Å². The molecule has 0 aliphatic rings. The molecule has 6 nitrogen and oxygen atoms in total. The van der Waals surface area contributed by atoms with Gasteiger partial charge in [0.05, 0.1) is 26.3 Å². The van der Waals surface area contributed by atoms with Crippen LogP contribution in [0.5, 0.6) is 11.5 Å². The number of thiophene rings is 1. The highest BCUT2D eigenvalue weighted by Gasteiger charge is 2.16. The van der Waals surface area contributed by atoms with Gasteiger partial charge in [-0.3, -0.25) is 4.79 Å². The van der Waals surface area contributed by atoms with Crippen molar-refractivity contribution in [3.8, 4) is 11.5 Å². The Morgan fingerprint density at radius 3 is 2.48 bits per heavy atom. The van der Waals surface area contributed by atoms with Crippen molar-refractivity contribution in [1.82, 2.24) is 0 Å². The van der Waals surface area contributed by atoms with Crippen LogP contribution in [-0.4, -0.2) is 33.2 Å². The molecule has 132 valence electrons. The molecule has 1 aromatic heterocycles. The zero-order valence-electron chi connectivity index (χ0n) is 14.4. The lowest BCUT2D eigenvalue weighted by atomic mass is 10.1. The van der Waals surface area contributed by atoms with E-state index in [9.17, 15) is 9.59 Å². The molecule has 1 amide bonds. The summed E-state index contributed by atoms with van der Waals surface area (Å²) in [5.74, 6) is 0.267. The lowest BCUT2D eigenvalue weighted by Gasteiger charge is -2.13. The van der Waals surface area contributed by atoms with E-state index in [0.717, 1.165) is 16.9 Å². The SMILES string of the molecule is C/C=C/c1cc(C(=O)Nc2ccc(C(=O)OC)s2)cc(OC)c1OC. The molecule has 0 aliphatic carbocycles. The lowest BCUT2D eigenvalue weighted by Crippen LogP contribution is -2.11. The zero-order valence-corrected chi connectivity index (χ0v) is 15.2. The molecule has 2 rings (SSSR count). The fourth-order valence-electron chi connectivity index (χ4n) is 2.23. The number of allylic oxidation sites excluding steroid dienone is 1. The molecule has 0 fully saturated rings. The van der Waals surface area contributed by atoms with Crippen molar-refractivity contribution in [3.05, 3.63) is 46.3 Å². The highest BCUT2D eigenvalue weighted by Crippen LogP contribution is 2.34. The second kappa shape index (κ2) is 8.34. The molecule has 25 heavy (non-hydrogen) atoms. The molecule has 0 saturated carbocycles. The molecule has 0 radical (unpaired) electrons. The van der Waals surface area contributed by atoms with E-state index in [2.05, 4.69) is 10.1 Å². The van der Waals surface area contributed by atoms with Gasteiger partial charge in [-0.15, -0.1) is 11.3 Å². The zero-order chi connectivity index (χ0) is 18.4. The van der Waals surface area contributed by atoms with Crippen LogP contribution in [0.4, 0.5) is 5.00 Å². The van der Waals surface area contributed by atoms with Gasteiger partial charge in [-0.1, -0.05) is 12.2 Å². The molecule has 0 aliphatic heterocycles. The van der Waals surface area contributed by atoms with Gasteiger partial charge in [0.25, 0.3) is 5.91 Å². The van der Waals surface area contributed by atoms with E-state index in [1.54, 1.807) is 31.4 Å². The van der Waals surface area contributed by atoms with Gasteiger partial charge in [-0.25, -0.2) is 4.79 Å². The second-order valence-corrected chi connectivity index (χ2v) is 5.99. The molecule has 1 heterocycles. The molecule has 0 atom stereocenters. The van der Waals surface area contributed by atoms with Crippen LogP contribution in [0.2, 0.25) is 0 Å². The van der Waals surface area contributed by atoms with Crippen LogP contribution in [0.3, 0.4) is 0 Å². The maximum Gasteiger partial charge on any atom is 0.348 e. The number of esters is 1. The Labute approximate surface area is 150 Å². The third kappa shape index (κ3) is 4.19. The summed E-state index contributed by atoms with van der Waals surface area (Å²) in [5.41, 5.74) is 1.15. The van der Waals surface area contributed by atoms with Crippen LogP contribution >= 0.6 is 11.3 Å². The van der Waals surface area contributed by atoms with Crippen LogP contribution in [0.15, 0.2) is 30.3 Å². The standard InChI is InChI=1S/C18H19NO5S/c1-5-6-11-9-12(10-13(22-2)16(11)23-3)17(20)19-15-8-7-14(25-15)18(21)24-4/h5-10H,1-4H3,(H,19,20)/b6-5+. The molecule has 7 heteroatoms. The van der Waals surface area contributed by atoms with Crippen molar-refractivity contribution >= 4 is 34.3 Å². The molecule has 2 aromatic rings. The van der Waals surface area contributed by atoms with Gasteiger partial charge >= 0.3 is 5.97 Å². The molecule has 1 N–H and O–H groups in total. The maximum absolute atomic E-state index is 12.5. The van der Waals surface area contributed by atoms with Crippen molar-refractivity contribution in [2.45, 2.75) is 6.92 Å². The number of rotatable bonds is 6. The number of benzene rings is 1. The quantitative estimate of drug-likeness (QED) is 0.792.